The van der Waals surface area contributed by atoms with Crippen LogP contribution in [0.2, 0.25) is 0 Å². The maximum atomic E-state index is 13.5. The fourth-order valence-electron chi connectivity index (χ4n) is 4.36. The second kappa shape index (κ2) is 8.58. The number of amides is 2. The van der Waals surface area contributed by atoms with Crippen LogP contribution in [0.4, 0.5) is 10.7 Å². The molecule has 4 rings (SSSR count). The summed E-state index contributed by atoms with van der Waals surface area (Å²) >= 11 is 1.52. The van der Waals surface area contributed by atoms with E-state index in [0.717, 1.165) is 41.6 Å². The number of hydrogen-bond acceptors (Lipinski definition) is 4. The van der Waals surface area contributed by atoms with Gasteiger partial charge in [0.1, 0.15) is 5.00 Å². The van der Waals surface area contributed by atoms with Crippen molar-refractivity contribution in [2.45, 2.75) is 53.9 Å². The number of hydrogen-bond donors (Lipinski definition) is 2. The zero-order valence-corrected chi connectivity index (χ0v) is 20.1. The highest BCUT2D eigenvalue weighted by atomic mass is 32.1. The summed E-state index contributed by atoms with van der Waals surface area (Å²) in [5.41, 5.74) is 4.78. The quantitative estimate of drug-likeness (QED) is 0.469. The SMILES string of the molecule is Cc1ccc(NC(=O)c2c(NC(=O)c3ccco3)sc3c2CC[C@@H](C(C)(C)C)C3)c(C)c1. The molecular formula is C26H30N2O3S. The molecule has 0 bridgehead atoms. The molecule has 1 aliphatic carbocycles. The number of carbonyl (C=O) groups excluding carboxylic acids is 2. The van der Waals surface area contributed by atoms with Gasteiger partial charge < -0.3 is 15.1 Å². The molecule has 0 radical (unpaired) electrons. The molecule has 1 aromatic carbocycles. The van der Waals surface area contributed by atoms with E-state index in [1.807, 2.05) is 32.0 Å². The van der Waals surface area contributed by atoms with Gasteiger partial charge in [-0.25, -0.2) is 0 Å². The van der Waals surface area contributed by atoms with Crippen LogP contribution >= 0.6 is 11.3 Å². The molecule has 0 aliphatic heterocycles. The van der Waals surface area contributed by atoms with Gasteiger partial charge >= 0.3 is 0 Å². The lowest BCUT2D eigenvalue weighted by Gasteiger charge is -2.33. The first-order valence-corrected chi connectivity index (χ1v) is 11.8. The fraction of sp³-hybridized carbons (Fsp3) is 0.385. The Morgan fingerprint density at radius 1 is 1.09 bits per heavy atom. The van der Waals surface area contributed by atoms with E-state index in [0.29, 0.717) is 16.5 Å². The van der Waals surface area contributed by atoms with E-state index < -0.39 is 0 Å². The van der Waals surface area contributed by atoms with Crippen LogP contribution < -0.4 is 10.6 Å². The van der Waals surface area contributed by atoms with E-state index in [9.17, 15) is 9.59 Å². The average molecular weight is 451 g/mol. The highest BCUT2D eigenvalue weighted by Crippen LogP contribution is 2.44. The molecule has 0 unspecified atom stereocenters. The van der Waals surface area contributed by atoms with Gasteiger partial charge in [-0.1, -0.05) is 38.5 Å². The zero-order chi connectivity index (χ0) is 23.0. The second-order valence-corrected chi connectivity index (χ2v) is 10.8. The Labute approximate surface area is 193 Å². The zero-order valence-electron chi connectivity index (χ0n) is 19.3. The number of furan rings is 1. The van der Waals surface area contributed by atoms with E-state index >= 15 is 0 Å². The Morgan fingerprint density at radius 2 is 1.88 bits per heavy atom. The topological polar surface area (TPSA) is 71.3 Å². The molecule has 0 saturated heterocycles. The van der Waals surface area contributed by atoms with Crippen molar-refractivity contribution >= 4 is 33.8 Å². The lowest BCUT2D eigenvalue weighted by atomic mass is 9.72. The number of carbonyl (C=O) groups is 2. The third-order valence-corrected chi connectivity index (χ3v) is 7.49. The predicted octanol–water partition coefficient (Wildman–Crippen LogP) is 6.61. The Balaban J connectivity index is 1.69. The standard InChI is InChI=1S/C26H30N2O3S/c1-15-8-11-19(16(2)13-15)27-24(30)22-18-10-9-17(26(3,4)5)14-21(18)32-25(22)28-23(29)20-7-6-12-31-20/h6-8,11-13,17H,9-10,14H2,1-5H3,(H,27,30)(H,28,29)/t17-/m1/s1. The van der Waals surface area contributed by atoms with Crippen molar-refractivity contribution in [3.63, 3.8) is 0 Å². The summed E-state index contributed by atoms with van der Waals surface area (Å²) in [5.74, 6) is 0.238. The monoisotopic (exact) mass is 450 g/mol. The van der Waals surface area contributed by atoms with E-state index in [2.05, 4.69) is 31.4 Å². The maximum absolute atomic E-state index is 13.5. The predicted molar refractivity (Wildman–Crippen MR) is 130 cm³/mol. The van der Waals surface area contributed by atoms with Crippen molar-refractivity contribution in [3.8, 4) is 0 Å². The molecule has 6 heteroatoms. The van der Waals surface area contributed by atoms with E-state index in [-0.39, 0.29) is 23.0 Å². The van der Waals surface area contributed by atoms with Crippen molar-refractivity contribution in [1.29, 1.82) is 0 Å². The van der Waals surface area contributed by atoms with Crippen LogP contribution in [0.3, 0.4) is 0 Å². The van der Waals surface area contributed by atoms with Gasteiger partial charge in [0.25, 0.3) is 11.8 Å². The van der Waals surface area contributed by atoms with Crippen molar-refractivity contribution in [3.05, 3.63) is 69.5 Å². The van der Waals surface area contributed by atoms with E-state index in [4.69, 9.17) is 4.42 Å². The fourth-order valence-corrected chi connectivity index (χ4v) is 5.68. The van der Waals surface area contributed by atoms with Crippen molar-refractivity contribution in [2.75, 3.05) is 10.6 Å². The number of anilines is 2. The molecule has 0 saturated carbocycles. The Bertz CT molecular complexity index is 1150. The molecule has 5 nitrogen and oxygen atoms in total. The van der Waals surface area contributed by atoms with Gasteiger partial charge in [-0.15, -0.1) is 11.3 Å². The molecule has 32 heavy (non-hydrogen) atoms. The van der Waals surface area contributed by atoms with Crippen LogP contribution in [-0.4, -0.2) is 11.8 Å². The third-order valence-electron chi connectivity index (χ3n) is 6.32. The van der Waals surface area contributed by atoms with Crippen LogP contribution in [0.5, 0.6) is 0 Å². The Kier molecular flexibility index (Phi) is 5.99. The van der Waals surface area contributed by atoms with Crippen molar-refractivity contribution in [1.82, 2.24) is 0 Å². The van der Waals surface area contributed by atoms with Gasteiger partial charge in [0.15, 0.2) is 5.76 Å². The Hall–Kier alpha value is -2.86. The van der Waals surface area contributed by atoms with Crippen LogP contribution in [0.25, 0.3) is 0 Å². The second-order valence-electron chi connectivity index (χ2n) is 9.72. The first-order chi connectivity index (χ1) is 15.1. The first-order valence-electron chi connectivity index (χ1n) is 11.0. The molecule has 2 amide bonds. The van der Waals surface area contributed by atoms with Crippen molar-refractivity contribution < 1.29 is 14.0 Å². The third kappa shape index (κ3) is 4.51. The number of benzene rings is 1. The van der Waals surface area contributed by atoms with Gasteiger partial charge in [-0.3, -0.25) is 9.59 Å². The summed E-state index contributed by atoms with van der Waals surface area (Å²) in [7, 11) is 0. The van der Waals surface area contributed by atoms with Gasteiger partial charge in [0.05, 0.1) is 11.8 Å². The normalized spacial score (nSPS) is 15.8. The maximum Gasteiger partial charge on any atom is 0.291 e. The average Bonchev–Trinajstić information content (AvgIpc) is 3.36. The molecule has 2 N–H and O–H groups in total. The summed E-state index contributed by atoms with van der Waals surface area (Å²) in [4.78, 5) is 27.4. The first kappa shape index (κ1) is 22.3. The lowest BCUT2D eigenvalue weighted by Crippen LogP contribution is -2.27. The van der Waals surface area contributed by atoms with Gasteiger partial charge in [0, 0.05) is 10.6 Å². The minimum Gasteiger partial charge on any atom is -0.459 e. The van der Waals surface area contributed by atoms with Crippen LogP contribution in [0.15, 0.2) is 41.0 Å². The van der Waals surface area contributed by atoms with Crippen molar-refractivity contribution in [2.24, 2.45) is 11.3 Å². The molecule has 1 atom stereocenters. The van der Waals surface area contributed by atoms with E-state index in [1.165, 1.54) is 22.5 Å². The summed E-state index contributed by atoms with van der Waals surface area (Å²) in [5, 5.41) is 6.60. The highest BCUT2D eigenvalue weighted by Gasteiger charge is 2.34. The molecule has 2 aromatic heterocycles. The van der Waals surface area contributed by atoms with Crippen LogP contribution in [-0.2, 0) is 12.8 Å². The number of fused-ring (bicyclic) bond motifs is 1. The van der Waals surface area contributed by atoms with Gasteiger partial charge in [-0.05, 0) is 73.8 Å². The summed E-state index contributed by atoms with van der Waals surface area (Å²) in [6.45, 7) is 10.8. The highest BCUT2D eigenvalue weighted by molar-refractivity contribution is 7.17. The molecular weight excluding hydrogens is 420 g/mol. The largest absolute Gasteiger partial charge is 0.459 e. The molecule has 0 fully saturated rings. The minimum atomic E-state index is -0.346. The minimum absolute atomic E-state index is 0.182. The lowest BCUT2D eigenvalue weighted by molar-refractivity contribution is 0.0997. The number of thiophene rings is 1. The number of nitrogens with one attached hydrogen (secondary N) is 2. The summed E-state index contributed by atoms with van der Waals surface area (Å²) in [6, 6.07) is 9.26. The van der Waals surface area contributed by atoms with Crippen LogP contribution in [0, 0.1) is 25.2 Å². The van der Waals surface area contributed by atoms with Crippen LogP contribution in [0.1, 0.15) is 69.7 Å². The summed E-state index contributed by atoms with van der Waals surface area (Å²) < 4.78 is 5.25. The molecule has 1 aliphatic rings. The van der Waals surface area contributed by atoms with Gasteiger partial charge in [0.2, 0.25) is 0 Å². The molecule has 0 spiro atoms. The van der Waals surface area contributed by atoms with Gasteiger partial charge in [-0.2, -0.15) is 0 Å². The number of rotatable bonds is 4. The van der Waals surface area contributed by atoms with E-state index in [1.54, 1.807) is 12.1 Å². The number of aryl methyl sites for hydroxylation is 2. The molecule has 2 heterocycles. The summed E-state index contributed by atoms with van der Waals surface area (Å²) in [6.07, 6.45) is 4.25. The Morgan fingerprint density at radius 3 is 2.53 bits per heavy atom. The molecule has 3 aromatic rings. The smallest absolute Gasteiger partial charge is 0.291 e. The molecule has 168 valence electrons.